The second kappa shape index (κ2) is 7.66. The zero-order chi connectivity index (χ0) is 16.9. The number of benzene rings is 1. The molecule has 0 spiro atoms. The lowest BCUT2D eigenvalue weighted by atomic mass is 10.3. The smallest absolute Gasteiger partial charge is 0.260 e. The molecular weight excluding hydrogens is 306 g/mol. The number of rotatable bonds is 4. The number of anilines is 1. The molecule has 2 aliphatic rings. The minimum Gasteiger partial charge on any atom is -0.484 e. The molecule has 0 radical (unpaired) electrons. The van der Waals surface area contributed by atoms with Crippen molar-refractivity contribution < 1.29 is 14.3 Å². The van der Waals surface area contributed by atoms with E-state index in [1.54, 1.807) is 4.90 Å². The SMILES string of the molecule is CN1CCCN(C(=O)COc2ccc(N3CCCC3=O)cc2)CC1. The maximum absolute atomic E-state index is 12.3. The van der Waals surface area contributed by atoms with Gasteiger partial charge in [-0.3, -0.25) is 9.59 Å². The Morgan fingerprint density at radius 3 is 2.54 bits per heavy atom. The van der Waals surface area contributed by atoms with Gasteiger partial charge in [0.2, 0.25) is 5.91 Å². The molecule has 1 aromatic carbocycles. The molecular formula is C18H25N3O3. The minimum atomic E-state index is 0.0316. The molecule has 0 aromatic heterocycles. The van der Waals surface area contributed by atoms with E-state index in [4.69, 9.17) is 4.74 Å². The highest BCUT2D eigenvalue weighted by Crippen LogP contribution is 2.23. The third-order valence-electron chi connectivity index (χ3n) is 4.66. The molecule has 2 saturated heterocycles. The maximum Gasteiger partial charge on any atom is 0.260 e. The van der Waals surface area contributed by atoms with Crippen LogP contribution in [0, 0.1) is 0 Å². The summed E-state index contributed by atoms with van der Waals surface area (Å²) in [5.74, 6) is 0.861. The van der Waals surface area contributed by atoms with Crippen molar-refractivity contribution in [2.24, 2.45) is 0 Å². The van der Waals surface area contributed by atoms with Crippen molar-refractivity contribution in [3.05, 3.63) is 24.3 Å². The molecule has 0 aliphatic carbocycles. The van der Waals surface area contributed by atoms with Crippen molar-refractivity contribution in [1.82, 2.24) is 9.80 Å². The van der Waals surface area contributed by atoms with E-state index in [9.17, 15) is 9.59 Å². The number of amides is 2. The summed E-state index contributed by atoms with van der Waals surface area (Å²) in [5.41, 5.74) is 0.895. The monoisotopic (exact) mass is 331 g/mol. The second-order valence-electron chi connectivity index (χ2n) is 6.47. The molecule has 0 atom stereocenters. The fourth-order valence-corrected chi connectivity index (χ4v) is 3.18. The first-order valence-electron chi connectivity index (χ1n) is 8.63. The molecule has 3 rings (SSSR count). The van der Waals surface area contributed by atoms with E-state index >= 15 is 0 Å². The third-order valence-corrected chi connectivity index (χ3v) is 4.66. The second-order valence-corrected chi connectivity index (χ2v) is 6.47. The van der Waals surface area contributed by atoms with Gasteiger partial charge in [-0.15, -0.1) is 0 Å². The summed E-state index contributed by atoms with van der Waals surface area (Å²) in [6.45, 7) is 4.33. The van der Waals surface area contributed by atoms with Crippen LogP contribution < -0.4 is 9.64 Å². The van der Waals surface area contributed by atoms with E-state index in [0.717, 1.165) is 51.3 Å². The highest BCUT2D eigenvalue weighted by molar-refractivity contribution is 5.95. The topological polar surface area (TPSA) is 53.1 Å². The Labute approximate surface area is 143 Å². The molecule has 0 N–H and O–H groups in total. The van der Waals surface area contributed by atoms with Crippen molar-refractivity contribution in [2.75, 3.05) is 51.3 Å². The van der Waals surface area contributed by atoms with Crippen molar-refractivity contribution >= 4 is 17.5 Å². The molecule has 6 nitrogen and oxygen atoms in total. The van der Waals surface area contributed by atoms with Gasteiger partial charge in [-0.1, -0.05) is 0 Å². The Bertz CT molecular complexity index is 588. The first-order chi connectivity index (χ1) is 11.6. The maximum atomic E-state index is 12.3. The van der Waals surface area contributed by atoms with Gasteiger partial charge in [0.05, 0.1) is 0 Å². The van der Waals surface area contributed by atoms with Gasteiger partial charge in [0.25, 0.3) is 5.91 Å². The number of hydrogen-bond donors (Lipinski definition) is 0. The number of carbonyl (C=O) groups excluding carboxylic acids is 2. The predicted molar refractivity (Wildman–Crippen MR) is 92.2 cm³/mol. The minimum absolute atomic E-state index is 0.0316. The number of carbonyl (C=O) groups is 2. The molecule has 0 saturated carbocycles. The van der Waals surface area contributed by atoms with E-state index in [1.807, 2.05) is 29.2 Å². The van der Waals surface area contributed by atoms with Gasteiger partial charge in [-0.05, 0) is 50.7 Å². The van der Waals surface area contributed by atoms with Crippen LogP contribution in [0.25, 0.3) is 0 Å². The van der Waals surface area contributed by atoms with Crippen LogP contribution in [0.15, 0.2) is 24.3 Å². The zero-order valence-electron chi connectivity index (χ0n) is 14.2. The summed E-state index contributed by atoms with van der Waals surface area (Å²) in [5, 5.41) is 0. The fourth-order valence-electron chi connectivity index (χ4n) is 3.18. The highest BCUT2D eigenvalue weighted by atomic mass is 16.5. The molecule has 2 heterocycles. The van der Waals surface area contributed by atoms with Crippen LogP contribution >= 0.6 is 0 Å². The summed E-state index contributed by atoms with van der Waals surface area (Å²) in [4.78, 5) is 29.9. The quantitative estimate of drug-likeness (QED) is 0.836. The summed E-state index contributed by atoms with van der Waals surface area (Å²) >= 11 is 0. The largest absolute Gasteiger partial charge is 0.484 e. The normalized spacial score (nSPS) is 19.5. The Morgan fingerprint density at radius 2 is 1.83 bits per heavy atom. The Hall–Kier alpha value is -2.08. The van der Waals surface area contributed by atoms with E-state index < -0.39 is 0 Å². The van der Waals surface area contributed by atoms with Gasteiger partial charge in [0, 0.05) is 38.3 Å². The summed E-state index contributed by atoms with van der Waals surface area (Å²) in [6.07, 6.45) is 2.54. The average Bonchev–Trinajstić information content (AvgIpc) is 2.89. The van der Waals surface area contributed by atoms with Gasteiger partial charge in [0.1, 0.15) is 5.75 Å². The standard InChI is InChI=1S/C18H25N3O3/c1-19-9-3-10-20(13-12-19)18(23)14-24-16-7-5-15(6-8-16)21-11-2-4-17(21)22/h5-8H,2-4,9-14H2,1H3. The van der Waals surface area contributed by atoms with Crippen LogP contribution in [0.1, 0.15) is 19.3 Å². The van der Waals surface area contributed by atoms with Crippen molar-refractivity contribution in [3.8, 4) is 5.75 Å². The fraction of sp³-hybridized carbons (Fsp3) is 0.556. The Balaban J connectivity index is 1.51. The van der Waals surface area contributed by atoms with Crippen LogP contribution in [0.3, 0.4) is 0 Å². The Kier molecular flexibility index (Phi) is 5.35. The predicted octanol–water partition coefficient (Wildman–Crippen LogP) is 1.36. The number of likely N-dealkylation sites (N-methyl/N-ethyl adjacent to an activating group) is 1. The van der Waals surface area contributed by atoms with E-state index in [2.05, 4.69) is 11.9 Å². The van der Waals surface area contributed by atoms with Gasteiger partial charge in [-0.2, -0.15) is 0 Å². The van der Waals surface area contributed by atoms with E-state index in [1.165, 1.54) is 0 Å². The first kappa shape index (κ1) is 16.8. The van der Waals surface area contributed by atoms with Crippen LogP contribution in [0.2, 0.25) is 0 Å². The van der Waals surface area contributed by atoms with Gasteiger partial charge < -0.3 is 19.4 Å². The highest BCUT2D eigenvalue weighted by Gasteiger charge is 2.21. The molecule has 130 valence electrons. The van der Waals surface area contributed by atoms with Gasteiger partial charge in [0.15, 0.2) is 6.61 Å². The first-order valence-corrected chi connectivity index (χ1v) is 8.63. The lowest BCUT2D eigenvalue weighted by molar-refractivity contribution is -0.133. The van der Waals surface area contributed by atoms with Crippen molar-refractivity contribution in [2.45, 2.75) is 19.3 Å². The number of hydrogen-bond acceptors (Lipinski definition) is 4. The average molecular weight is 331 g/mol. The van der Waals surface area contributed by atoms with Gasteiger partial charge >= 0.3 is 0 Å². The van der Waals surface area contributed by atoms with Crippen LogP contribution in [0.5, 0.6) is 5.75 Å². The molecule has 0 bridgehead atoms. The van der Waals surface area contributed by atoms with Crippen LogP contribution in [-0.4, -0.2) is 68.0 Å². The summed E-state index contributed by atoms with van der Waals surface area (Å²) < 4.78 is 5.62. The van der Waals surface area contributed by atoms with Gasteiger partial charge in [-0.25, -0.2) is 0 Å². The van der Waals surface area contributed by atoms with Crippen LogP contribution in [0.4, 0.5) is 5.69 Å². The molecule has 24 heavy (non-hydrogen) atoms. The third kappa shape index (κ3) is 4.06. The summed E-state index contributed by atoms with van der Waals surface area (Å²) in [7, 11) is 2.08. The molecule has 2 aliphatic heterocycles. The van der Waals surface area contributed by atoms with E-state index in [-0.39, 0.29) is 18.4 Å². The molecule has 6 heteroatoms. The molecule has 2 amide bonds. The lowest BCUT2D eigenvalue weighted by Crippen LogP contribution is -2.37. The number of nitrogens with zero attached hydrogens (tertiary/aromatic N) is 3. The van der Waals surface area contributed by atoms with E-state index in [0.29, 0.717) is 12.2 Å². The van der Waals surface area contributed by atoms with Crippen molar-refractivity contribution in [1.29, 1.82) is 0 Å². The molecule has 0 unspecified atom stereocenters. The number of ether oxygens (including phenoxy) is 1. The molecule has 1 aromatic rings. The Morgan fingerprint density at radius 1 is 1.04 bits per heavy atom. The summed E-state index contributed by atoms with van der Waals surface area (Å²) in [6, 6.07) is 7.41. The van der Waals surface area contributed by atoms with Crippen LogP contribution in [-0.2, 0) is 9.59 Å². The van der Waals surface area contributed by atoms with Crippen molar-refractivity contribution in [3.63, 3.8) is 0 Å². The lowest BCUT2D eigenvalue weighted by Gasteiger charge is -2.21. The molecule has 2 fully saturated rings. The zero-order valence-corrected chi connectivity index (χ0v) is 14.2.